The Bertz CT molecular complexity index is 283. The molecule has 0 amide bonds. The monoisotopic (exact) mass is 197 g/mol. The standard InChI is InChI=1S/C10H19N3O/c1-4-11-10(6-14)5-13-7-12-8(2)9(13)3/h7,10-11,14H,4-6H2,1-3H3. The Morgan fingerprint density at radius 2 is 2.29 bits per heavy atom. The quantitative estimate of drug-likeness (QED) is 0.721. The number of aliphatic hydroxyl groups is 1. The van der Waals surface area contributed by atoms with Crippen LogP contribution < -0.4 is 5.32 Å². The fourth-order valence-corrected chi connectivity index (χ4v) is 1.44. The summed E-state index contributed by atoms with van der Waals surface area (Å²) in [5, 5.41) is 12.3. The molecule has 1 aromatic heterocycles. The molecule has 2 N–H and O–H groups in total. The third-order valence-electron chi connectivity index (χ3n) is 2.48. The molecule has 80 valence electrons. The van der Waals surface area contributed by atoms with Crippen molar-refractivity contribution in [3.63, 3.8) is 0 Å². The molecule has 1 heterocycles. The van der Waals surface area contributed by atoms with Crippen LogP contribution in [0.25, 0.3) is 0 Å². The van der Waals surface area contributed by atoms with E-state index >= 15 is 0 Å². The van der Waals surface area contributed by atoms with Gasteiger partial charge >= 0.3 is 0 Å². The molecule has 1 unspecified atom stereocenters. The number of aliphatic hydroxyl groups excluding tert-OH is 1. The number of hydrogen-bond acceptors (Lipinski definition) is 3. The predicted molar refractivity (Wildman–Crippen MR) is 56.3 cm³/mol. The van der Waals surface area contributed by atoms with Crippen molar-refractivity contribution in [1.82, 2.24) is 14.9 Å². The molecule has 1 rings (SSSR count). The van der Waals surface area contributed by atoms with Crippen LogP contribution in [0.3, 0.4) is 0 Å². The van der Waals surface area contributed by atoms with Crippen molar-refractivity contribution in [1.29, 1.82) is 0 Å². The maximum absolute atomic E-state index is 9.12. The SMILES string of the molecule is CCNC(CO)Cn1cnc(C)c1C. The third kappa shape index (κ3) is 2.56. The average molecular weight is 197 g/mol. The first-order chi connectivity index (χ1) is 6.69. The highest BCUT2D eigenvalue weighted by Gasteiger charge is 2.08. The van der Waals surface area contributed by atoms with Gasteiger partial charge in [-0.05, 0) is 20.4 Å². The zero-order valence-electron chi connectivity index (χ0n) is 9.12. The lowest BCUT2D eigenvalue weighted by molar-refractivity contribution is 0.230. The highest BCUT2D eigenvalue weighted by molar-refractivity contribution is 5.08. The number of aryl methyl sites for hydroxylation is 1. The second-order valence-corrected chi connectivity index (χ2v) is 3.50. The van der Waals surface area contributed by atoms with Crippen molar-refractivity contribution in [3.05, 3.63) is 17.7 Å². The molecule has 4 nitrogen and oxygen atoms in total. The van der Waals surface area contributed by atoms with E-state index in [4.69, 9.17) is 5.11 Å². The average Bonchev–Trinajstić information content (AvgIpc) is 2.49. The van der Waals surface area contributed by atoms with E-state index in [1.54, 1.807) is 0 Å². The summed E-state index contributed by atoms with van der Waals surface area (Å²) in [6, 6.07) is 0.118. The predicted octanol–water partition coefficient (Wildman–Crippen LogP) is 0.470. The van der Waals surface area contributed by atoms with Gasteiger partial charge in [-0.25, -0.2) is 4.98 Å². The first-order valence-corrected chi connectivity index (χ1v) is 5.01. The number of imidazole rings is 1. The van der Waals surface area contributed by atoms with Crippen LogP contribution in [0.15, 0.2) is 6.33 Å². The summed E-state index contributed by atoms with van der Waals surface area (Å²) in [6.45, 7) is 7.88. The van der Waals surface area contributed by atoms with Crippen LogP contribution in [-0.4, -0.2) is 33.9 Å². The first kappa shape index (κ1) is 11.2. The lowest BCUT2D eigenvalue weighted by Crippen LogP contribution is -2.36. The molecule has 0 aliphatic rings. The largest absolute Gasteiger partial charge is 0.395 e. The first-order valence-electron chi connectivity index (χ1n) is 5.01. The van der Waals surface area contributed by atoms with E-state index in [1.165, 1.54) is 5.69 Å². The summed E-state index contributed by atoms with van der Waals surface area (Å²) < 4.78 is 2.07. The van der Waals surface area contributed by atoms with Gasteiger partial charge in [-0.2, -0.15) is 0 Å². The van der Waals surface area contributed by atoms with Gasteiger partial charge in [0.05, 0.1) is 18.6 Å². The van der Waals surface area contributed by atoms with Crippen LogP contribution in [0, 0.1) is 13.8 Å². The molecule has 0 radical (unpaired) electrons. The minimum Gasteiger partial charge on any atom is -0.395 e. The van der Waals surface area contributed by atoms with Crippen LogP contribution >= 0.6 is 0 Å². The van der Waals surface area contributed by atoms with Crippen LogP contribution in [-0.2, 0) is 6.54 Å². The van der Waals surface area contributed by atoms with Crippen molar-refractivity contribution in [2.24, 2.45) is 0 Å². The molecule has 0 saturated heterocycles. The van der Waals surface area contributed by atoms with E-state index in [1.807, 2.05) is 27.1 Å². The van der Waals surface area contributed by atoms with Gasteiger partial charge in [0.15, 0.2) is 0 Å². The Morgan fingerprint density at radius 3 is 2.71 bits per heavy atom. The van der Waals surface area contributed by atoms with Gasteiger partial charge in [-0.3, -0.25) is 0 Å². The highest BCUT2D eigenvalue weighted by atomic mass is 16.3. The summed E-state index contributed by atoms with van der Waals surface area (Å²) >= 11 is 0. The number of nitrogens with zero attached hydrogens (tertiary/aromatic N) is 2. The van der Waals surface area contributed by atoms with Crippen LogP contribution in [0.4, 0.5) is 0 Å². The van der Waals surface area contributed by atoms with Crippen LogP contribution in [0.1, 0.15) is 18.3 Å². The molecular formula is C10H19N3O. The zero-order valence-corrected chi connectivity index (χ0v) is 9.12. The molecular weight excluding hydrogens is 178 g/mol. The molecule has 0 aromatic carbocycles. The van der Waals surface area contributed by atoms with E-state index in [9.17, 15) is 0 Å². The van der Waals surface area contributed by atoms with Gasteiger partial charge in [0.2, 0.25) is 0 Å². The molecule has 0 fully saturated rings. The fourth-order valence-electron chi connectivity index (χ4n) is 1.44. The summed E-state index contributed by atoms with van der Waals surface area (Å²) in [5.41, 5.74) is 2.22. The number of likely N-dealkylation sites (N-methyl/N-ethyl adjacent to an activating group) is 1. The van der Waals surface area contributed by atoms with Crippen LogP contribution in [0.2, 0.25) is 0 Å². The summed E-state index contributed by atoms with van der Waals surface area (Å²) in [7, 11) is 0. The molecule has 0 bridgehead atoms. The van der Waals surface area contributed by atoms with Crippen molar-refractivity contribution >= 4 is 0 Å². The molecule has 14 heavy (non-hydrogen) atoms. The Hall–Kier alpha value is -0.870. The minimum atomic E-state index is 0.118. The maximum Gasteiger partial charge on any atom is 0.0951 e. The Balaban J connectivity index is 2.62. The second-order valence-electron chi connectivity index (χ2n) is 3.50. The molecule has 4 heteroatoms. The molecule has 0 spiro atoms. The lowest BCUT2D eigenvalue weighted by atomic mass is 10.3. The van der Waals surface area contributed by atoms with Crippen molar-refractivity contribution in [2.75, 3.05) is 13.2 Å². The lowest BCUT2D eigenvalue weighted by Gasteiger charge is -2.16. The molecule has 1 atom stereocenters. The number of nitrogens with one attached hydrogen (secondary N) is 1. The second kappa shape index (κ2) is 5.12. The Kier molecular flexibility index (Phi) is 4.10. The maximum atomic E-state index is 9.12. The molecule has 1 aromatic rings. The van der Waals surface area contributed by atoms with Gasteiger partial charge in [0.25, 0.3) is 0 Å². The van der Waals surface area contributed by atoms with E-state index in [0.29, 0.717) is 0 Å². The van der Waals surface area contributed by atoms with Gasteiger partial charge in [-0.1, -0.05) is 6.92 Å². The smallest absolute Gasteiger partial charge is 0.0951 e. The molecule has 0 saturated carbocycles. The van der Waals surface area contributed by atoms with Crippen molar-refractivity contribution < 1.29 is 5.11 Å². The number of rotatable bonds is 5. The number of hydrogen-bond donors (Lipinski definition) is 2. The van der Waals surface area contributed by atoms with E-state index in [-0.39, 0.29) is 12.6 Å². The molecule has 0 aliphatic heterocycles. The highest BCUT2D eigenvalue weighted by Crippen LogP contribution is 2.04. The van der Waals surface area contributed by atoms with Gasteiger partial charge in [0, 0.05) is 18.3 Å². The van der Waals surface area contributed by atoms with E-state index < -0.39 is 0 Å². The van der Waals surface area contributed by atoms with Gasteiger partial charge < -0.3 is 15.0 Å². The van der Waals surface area contributed by atoms with Gasteiger partial charge in [-0.15, -0.1) is 0 Å². The van der Waals surface area contributed by atoms with Crippen molar-refractivity contribution in [2.45, 2.75) is 33.4 Å². The summed E-state index contributed by atoms with van der Waals surface area (Å²) in [5.74, 6) is 0. The Morgan fingerprint density at radius 1 is 1.57 bits per heavy atom. The van der Waals surface area contributed by atoms with Crippen molar-refractivity contribution in [3.8, 4) is 0 Å². The summed E-state index contributed by atoms with van der Waals surface area (Å²) in [6.07, 6.45) is 1.82. The van der Waals surface area contributed by atoms with Gasteiger partial charge in [0.1, 0.15) is 0 Å². The zero-order chi connectivity index (χ0) is 10.6. The summed E-state index contributed by atoms with van der Waals surface area (Å²) in [4.78, 5) is 4.22. The minimum absolute atomic E-state index is 0.118. The normalized spacial score (nSPS) is 13.1. The molecule has 0 aliphatic carbocycles. The Labute approximate surface area is 85.0 Å². The third-order valence-corrected chi connectivity index (χ3v) is 2.48. The van der Waals surface area contributed by atoms with Crippen LogP contribution in [0.5, 0.6) is 0 Å². The fraction of sp³-hybridized carbons (Fsp3) is 0.700. The topological polar surface area (TPSA) is 50.1 Å². The van der Waals surface area contributed by atoms with E-state index in [0.717, 1.165) is 18.8 Å². The van der Waals surface area contributed by atoms with E-state index in [2.05, 4.69) is 14.9 Å². The number of aromatic nitrogens is 2.